The first-order valence-corrected chi connectivity index (χ1v) is 14.5. The number of amides is 2. The largest absolute Gasteiger partial charge is 0.497 e. The molecule has 1 heterocycles. The van der Waals surface area contributed by atoms with Crippen LogP contribution in [0.15, 0.2) is 72.8 Å². The standard InChI is InChI=1S/C32H40N4O4.CH2O2/c1-3-34-26-18-25(19-27(20-26)36-15-8-7-14-31(36)38)32(39)35-29(17-23-10-5-4-6-11-23)30(37)22-33-21-24-12-9-13-28(16-24)40-2;2-1-3/h4-6,9-13,16,18-20,29-30,33-34,37H,3,7-8,14-15,17,21-22H2,1-2H3,(H,35,39);1H,(H,2,3)/t29-,30+;/m0./s1. The van der Waals surface area contributed by atoms with Crippen molar-refractivity contribution in [1.29, 1.82) is 0 Å². The molecule has 4 rings (SSSR count). The highest BCUT2D eigenvalue weighted by Gasteiger charge is 2.25. The third-order valence-electron chi connectivity index (χ3n) is 7.09. The highest BCUT2D eigenvalue weighted by atomic mass is 16.5. The van der Waals surface area contributed by atoms with E-state index < -0.39 is 12.1 Å². The van der Waals surface area contributed by atoms with E-state index in [1.165, 1.54) is 0 Å². The number of carbonyl (C=O) groups excluding carboxylic acids is 2. The Balaban J connectivity index is 0.00000162. The molecule has 2 atom stereocenters. The van der Waals surface area contributed by atoms with E-state index >= 15 is 0 Å². The number of piperidine rings is 1. The zero-order valence-corrected chi connectivity index (χ0v) is 24.8. The van der Waals surface area contributed by atoms with Gasteiger partial charge in [-0.1, -0.05) is 42.5 Å². The molecule has 43 heavy (non-hydrogen) atoms. The lowest BCUT2D eigenvalue weighted by atomic mass is 10.00. The number of nitrogens with zero attached hydrogens (tertiary/aromatic N) is 1. The molecule has 0 radical (unpaired) electrons. The lowest BCUT2D eigenvalue weighted by Gasteiger charge is -2.28. The fourth-order valence-electron chi connectivity index (χ4n) is 4.98. The van der Waals surface area contributed by atoms with Gasteiger partial charge in [-0.3, -0.25) is 14.4 Å². The smallest absolute Gasteiger partial charge is 0.290 e. The second kappa shape index (κ2) is 17.5. The van der Waals surface area contributed by atoms with Gasteiger partial charge in [0, 0.05) is 49.5 Å². The summed E-state index contributed by atoms with van der Waals surface area (Å²) in [7, 11) is 1.63. The van der Waals surface area contributed by atoms with Crippen LogP contribution in [0.3, 0.4) is 0 Å². The lowest BCUT2D eigenvalue weighted by Crippen LogP contribution is -2.48. The van der Waals surface area contributed by atoms with Crippen LogP contribution in [0.1, 0.15) is 47.7 Å². The molecule has 10 heteroatoms. The molecule has 0 spiro atoms. The Morgan fingerprint density at radius 3 is 2.49 bits per heavy atom. The number of hydrogen-bond donors (Lipinski definition) is 5. The van der Waals surface area contributed by atoms with Crippen LogP contribution in [0.25, 0.3) is 0 Å². The number of carboxylic acid groups (broad SMARTS) is 1. The Hall–Kier alpha value is -4.41. The fraction of sp³-hybridized carbons (Fsp3) is 0.364. The summed E-state index contributed by atoms with van der Waals surface area (Å²) < 4.78 is 5.30. The number of anilines is 2. The predicted octanol–water partition coefficient (Wildman–Crippen LogP) is 3.84. The summed E-state index contributed by atoms with van der Waals surface area (Å²) in [6.07, 6.45) is 1.97. The quantitative estimate of drug-likeness (QED) is 0.189. The first kappa shape index (κ1) is 33.1. The first-order valence-electron chi connectivity index (χ1n) is 14.5. The van der Waals surface area contributed by atoms with Gasteiger partial charge in [-0.05, 0) is 67.6 Å². The van der Waals surface area contributed by atoms with E-state index in [4.69, 9.17) is 14.6 Å². The van der Waals surface area contributed by atoms with Crippen molar-refractivity contribution in [3.05, 3.63) is 89.5 Å². The summed E-state index contributed by atoms with van der Waals surface area (Å²) in [6, 6.07) is 22.5. The van der Waals surface area contributed by atoms with Crippen LogP contribution in [0.5, 0.6) is 5.75 Å². The average molecular weight is 591 g/mol. The lowest BCUT2D eigenvalue weighted by molar-refractivity contribution is -0.123. The number of carbonyl (C=O) groups is 3. The van der Waals surface area contributed by atoms with Crippen molar-refractivity contribution in [2.45, 2.75) is 51.3 Å². The Bertz CT molecular complexity index is 1320. The number of aliphatic hydroxyl groups excluding tert-OH is 1. The molecule has 1 aliphatic rings. The van der Waals surface area contributed by atoms with Crippen molar-refractivity contribution in [1.82, 2.24) is 10.6 Å². The maximum atomic E-state index is 13.6. The predicted molar refractivity (Wildman–Crippen MR) is 168 cm³/mol. The molecule has 1 saturated heterocycles. The summed E-state index contributed by atoms with van der Waals surface area (Å²) in [4.78, 5) is 36.3. The van der Waals surface area contributed by atoms with Crippen molar-refractivity contribution in [2.75, 3.05) is 37.0 Å². The summed E-state index contributed by atoms with van der Waals surface area (Å²) in [5.74, 6) is 0.559. The molecule has 2 amide bonds. The number of benzene rings is 3. The fourth-order valence-corrected chi connectivity index (χ4v) is 4.98. The first-order chi connectivity index (χ1) is 20.9. The van der Waals surface area contributed by atoms with Gasteiger partial charge in [0.25, 0.3) is 12.4 Å². The van der Waals surface area contributed by atoms with Crippen molar-refractivity contribution in [3.8, 4) is 5.75 Å². The van der Waals surface area contributed by atoms with Crippen LogP contribution in [0, 0.1) is 0 Å². The van der Waals surface area contributed by atoms with Crippen molar-refractivity contribution in [2.24, 2.45) is 0 Å². The van der Waals surface area contributed by atoms with Gasteiger partial charge in [0.15, 0.2) is 0 Å². The molecule has 1 fully saturated rings. The van der Waals surface area contributed by atoms with Crippen LogP contribution in [-0.2, 0) is 22.6 Å². The van der Waals surface area contributed by atoms with Gasteiger partial charge in [0.2, 0.25) is 5.91 Å². The summed E-state index contributed by atoms with van der Waals surface area (Å²) in [6.45, 7) is 3.91. The molecule has 3 aromatic rings. The number of methoxy groups -OCH3 is 1. The maximum Gasteiger partial charge on any atom is 0.290 e. The normalized spacial score (nSPS) is 14.1. The summed E-state index contributed by atoms with van der Waals surface area (Å²) in [5, 5.41) is 27.8. The van der Waals surface area contributed by atoms with Crippen molar-refractivity contribution in [3.63, 3.8) is 0 Å². The third-order valence-corrected chi connectivity index (χ3v) is 7.09. The van der Waals surface area contributed by atoms with Crippen LogP contribution in [0.4, 0.5) is 11.4 Å². The van der Waals surface area contributed by atoms with E-state index in [1.54, 1.807) is 24.1 Å². The van der Waals surface area contributed by atoms with Crippen LogP contribution in [0.2, 0.25) is 0 Å². The van der Waals surface area contributed by atoms with Gasteiger partial charge >= 0.3 is 0 Å². The second-order valence-electron chi connectivity index (χ2n) is 10.2. The van der Waals surface area contributed by atoms with Crippen molar-refractivity contribution >= 4 is 29.7 Å². The number of hydrogen-bond acceptors (Lipinski definition) is 7. The van der Waals surface area contributed by atoms with Gasteiger partial charge in [0.05, 0.1) is 19.3 Å². The van der Waals surface area contributed by atoms with Gasteiger partial charge in [-0.2, -0.15) is 0 Å². The minimum absolute atomic E-state index is 0.0748. The van der Waals surface area contributed by atoms with Gasteiger partial charge < -0.3 is 35.8 Å². The maximum absolute atomic E-state index is 13.6. The third kappa shape index (κ3) is 10.4. The SMILES string of the molecule is CCNc1cc(C(=O)N[C@@H](Cc2ccccc2)[C@H](O)CNCc2cccc(OC)c2)cc(N2CCCCC2=O)c1.O=CO. The Labute approximate surface area is 253 Å². The van der Waals surface area contributed by atoms with Crippen LogP contribution in [-0.4, -0.2) is 67.4 Å². The van der Waals surface area contributed by atoms with Gasteiger partial charge in [-0.25, -0.2) is 0 Å². The molecule has 5 N–H and O–H groups in total. The van der Waals surface area contributed by atoms with E-state index in [-0.39, 0.29) is 18.3 Å². The minimum atomic E-state index is -0.838. The van der Waals surface area contributed by atoms with Crippen LogP contribution < -0.4 is 25.6 Å². The second-order valence-corrected chi connectivity index (χ2v) is 10.2. The molecule has 0 bridgehead atoms. The summed E-state index contributed by atoms with van der Waals surface area (Å²) >= 11 is 0. The number of ether oxygens (including phenoxy) is 1. The molecular formula is C33H42N4O6. The average Bonchev–Trinajstić information content (AvgIpc) is 3.02. The van der Waals surface area contributed by atoms with E-state index in [9.17, 15) is 14.7 Å². The minimum Gasteiger partial charge on any atom is -0.497 e. The highest BCUT2D eigenvalue weighted by molar-refractivity contribution is 5.99. The zero-order valence-electron chi connectivity index (χ0n) is 24.8. The molecule has 10 nitrogen and oxygen atoms in total. The van der Waals surface area contributed by atoms with E-state index in [0.29, 0.717) is 50.3 Å². The Morgan fingerprint density at radius 1 is 1.05 bits per heavy atom. The zero-order chi connectivity index (χ0) is 31.0. The molecular weight excluding hydrogens is 548 g/mol. The van der Waals surface area contributed by atoms with E-state index in [2.05, 4.69) is 16.0 Å². The number of rotatable bonds is 13. The van der Waals surface area contributed by atoms with E-state index in [0.717, 1.165) is 35.4 Å². The monoisotopic (exact) mass is 590 g/mol. The molecule has 230 valence electrons. The Morgan fingerprint density at radius 2 is 1.79 bits per heavy atom. The van der Waals surface area contributed by atoms with Crippen molar-refractivity contribution < 1.29 is 29.3 Å². The topological polar surface area (TPSA) is 140 Å². The number of aliphatic hydroxyl groups is 1. The van der Waals surface area contributed by atoms with Gasteiger partial charge in [0.1, 0.15) is 5.75 Å². The molecule has 0 unspecified atom stereocenters. The van der Waals surface area contributed by atoms with E-state index in [1.807, 2.05) is 67.6 Å². The summed E-state index contributed by atoms with van der Waals surface area (Å²) in [5.41, 5.74) is 3.99. The highest BCUT2D eigenvalue weighted by Crippen LogP contribution is 2.26. The molecule has 3 aromatic carbocycles. The molecule has 0 saturated carbocycles. The van der Waals surface area contributed by atoms with Crippen LogP contribution >= 0.6 is 0 Å². The molecule has 0 aliphatic carbocycles. The number of nitrogens with one attached hydrogen (secondary N) is 3. The molecule has 1 aliphatic heterocycles. The Kier molecular flexibility index (Phi) is 13.5. The van der Waals surface area contributed by atoms with Gasteiger partial charge in [-0.15, -0.1) is 0 Å². The molecule has 0 aromatic heterocycles.